The number of aromatic nitrogens is 2. The summed E-state index contributed by atoms with van der Waals surface area (Å²) in [7, 11) is 1.97. The first kappa shape index (κ1) is 12.6. The molecule has 3 heteroatoms. The Morgan fingerprint density at radius 1 is 0.900 bits per heavy atom. The second-order valence-electron chi connectivity index (χ2n) is 4.93. The van der Waals surface area contributed by atoms with Crippen LogP contribution in [0.4, 0.5) is 4.39 Å². The van der Waals surface area contributed by atoms with Gasteiger partial charge in [-0.1, -0.05) is 29.8 Å². The van der Waals surface area contributed by atoms with Crippen molar-refractivity contribution >= 4 is 0 Å². The van der Waals surface area contributed by atoms with Crippen LogP contribution in [-0.2, 0) is 7.05 Å². The fourth-order valence-electron chi connectivity index (χ4n) is 2.20. The Labute approximate surface area is 117 Å². The number of hydrogen-bond donors (Lipinski definition) is 0. The SMILES string of the molecule is Cc1ccc(-c2nc(-c3ccc(F)cc3)cn2C)cc1. The average Bonchev–Trinajstić information content (AvgIpc) is 2.82. The minimum absolute atomic E-state index is 0.233. The standard InChI is InChI=1S/C17H15FN2/c1-12-3-5-14(6-4-12)17-19-16(11-20(17)2)13-7-9-15(18)10-8-13/h3-11H,1-2H3. The second kappa shape index (κ2) is 4.93. The van der Waals surface area contributed by atoms with Gasteiger partial charge < -0.3 is 4.57 Å². The Bertz CT molecular complexity index is 725. The van der Waals surface area contributed by atoms with Gasteiger partial charge in [0.1, 0.15) is 11.6 Å². The van der Waals surface area contributed by atoms with E-state index < -0.39 is 0 Å². The lowest BCUT2D eigenvalue weighted by molar-refractivity contribution is 0.628. The molecule has 0 aliphatic carbocycles. The van der Waals surface area contributed by atoms with Crippen LogP contribution in [0.25, 0.3) is 22.6 Å². The summed E-state index contributed by atoms with van der Waals surface area (Å²) in [6, 6.07) is 14.7. The summed E-state index contributed by atoms with van der Waals surface area (Å²) < 4.78 is 15.0. The summed E-state index contributed by atoms with van der Waals surface area (Å²) in [5.74, 6) is 0.674. The third kappa shape index (κ3) is 2.35. The quantitative estimate of drug-likeness (QED) is 0.679. The van der Waals surface area contributed by atoms with Crippen LogP contribution >= 0.6 is 0 Å². The fraction of sp³-hybridized carbons (Fsp3) is 0.118. The molecular weight excluding hydrogens is 251 g/mol. The largest absolute Gasteiger partial charge is 0.333 e. The molecule has 100 valence electrons. The van der Waals surface area contributed by atoms with E-state index in [0.717, 1.165) is 22.6 Å². The van der Waals surface area contributed by atoms with E-state index in [0.29, 0.717) is 0 Å². The van der Waals surface area contributed by atoms with Gasteiger partial charge in [-0.15, -0.1) is 0 Å². The van der Waals surface area contributed by atoms with E-state index in [1.54, 1.807) is 12.1 Å². The average molecular weight is 266 g/mol. The number of benzene rings is 2. The highest BCUT2D eigenvalue weighted by Gasteiger charge is 2.09. The molecular formula is C17H15FN2. The highest BCUT2D eigenvalue weighted by molar-refractivity contribution is 5.65. The van der Waals surface area contributed by atoms with Gasteiger partial charge in [0.2, 0.25) is 0 Å². The van der Waals surface area contributed by atoms with E-state index >= 15 is 0 Å². The van der Waals surface area contributed by atoms with Crippen LogP contribution in [-0.4, -0.2) is 9.55 Å². The summed E-state index contributed by atoms with van der Waals surface area (Å²) in [5.41, 5.74) is 4.07. The molecule has 2 nitrogen and oxygen atoms in total. The van der Waals surface area contributed by atoms with Gasteiger partial charge in [0.25, 0.3) is 0 Å². The van der Waals surface area contributed by atoms with Gasteiger partial charge in [-0.2, -0.15) is 0 Å². The molecule has 0 aliphatic heterocycles. The highest BCUT2D eigenvalue weighted by Crippen LogP contribution is 2.24. The molecule has 0 radical (unpaired) electrons. The van der Waals surface area contributed by atoms with E-state index in [9.17, 15) is 4.39 Å². The molecule has 1 heterocycles. The summed E-state index contributed by atoms with van der Waals surface area (Å²) in [6.45, 7) is 2.06. The third-order valence-electron chi connectivity index (χ3n) is 3.33. The molecule has 0 N–H and O–H groups in total. The van der Waals surface area contributed by atoms with Crippen LogP contribution in [0.1, 0.15) is 5.56 Å². The van der Waals surface area contributed by atoms with Crippen molar-refractivity contribution in [1.29, 1.82) is 0 Å². The normalized spacial score (nSPS) is 10.8. The Balaban J connectivity index is 2.02. The van der Waals surface area contributed by atoms with Crippen LogP contribution in [0, 0.1) is 12.7 Å². The summed E-state index contributed by atoms with van der Waals surface area (Å²) in [6.07, 6.45) is 1.96. The molecule has 0 saturated heterocycles. The zero-order valence-electron chi connectivity index (χ0n) is 11.5. The highest BCUT2D eigenvalue weighted by atomic mass is 19.1. The molecule has 0 aliphatic rings. The van der Waals surface area contributed by atoms with Gasteiger partial charge >= 0.3 is 0 Å². The number of nitrogens with zero attached hydrogens (tertiary/aromatic N) is 2. The van der Waals surface area contributed by atoms with Crippen molar-refractivity contribution in [3.63, 3.8) is 0 Å². The number of halogens is 1. The van der Waals surface area contributed by atoms with Crippen LogP contribution in [0.5, 0.6) is 0 Å². The molecule has 2 aromatic carbocycles. The van der Waals surface area contributed by atoms with Gasteiger partial charge in [0, 0.05) is 24.4 Å². The van der Waals surface area contributed by atoms with Crippen LogP contribution in [0.3, 0.4) is 0 Å². The zero-order valence-corrected chi connectivity index (χ0v) is 11.5. The Kier molecular flexibility index (Phi) is 3.11. The molecule has 3 aromatic rings. The second-order valence-corrected chi connectivity index (χ2v) is 4.93. The van der Waals surface area contributed by atoms with Crippen molar-refractivity contribution in [2.24, 2.45) is 7.05 Å². The predicted molar refractivity (Wildman–Crippen MR) is 78.8 cm³/mol. The molecule has 0 fully saturated rings. The molecule has 0 amide bonds. The maximum Gasteiger partial charge on any atom is 0.140 e. The minimum atomic E-state index is -0.233. The Morgan fingerprint density at radius 2 is 1.50 bits per heavy atom. The minimum Gasteiger partial charge on any atom is -0.333 e. The predicted octanol–water partition coefficient (Wildman–Crippen LogP) is 4.20. The molecule has 0 spiro atoms. The third-order valence-corrected chi connectivity index (χ3v) is 3.33. The van der Waals surface area contributed by atoms with Gasteiger partial charge in [-0.3, -0.25) is 0 Å². The zero-order chi connectivity index (χ0) is 14.1. The van der Waals surface area contributed by atoms with Crippen molar-refractivity contribution in [3.05, 3.63) is 66.1 Å². The molecule has 0 bridgehead atoms. The van der Waals surface area contributed by atoms with Crippen molar-refractivity contribution in [2.75, 3.05) is 0 Å². The van der Waals surface area contributed by atoms with E-state index in [1.807, 2.05) is 17.8 Å². The van der Waals surface area contributed by atoms with Crippen molar-refractivity contribution in [3.8, 4) is 22.6 Å². The Hall–Kier alpha value is -2.42. The monoisotopic (exact) mass is 266 g/mol. The number of rotatable bonds is 2. The first-order chi connectivity index (χ1) is 9.63. The van der Waals surface area contributed by atoms with Crippen molar-refractivity contribution < 1.29 is 4.39 Å². The summed E-state index contributed by atoms with van der Waals surface area (Å²) in [5, 5.41) is 0. The van der Waals surface area contributed by atoms with Crippen LogP contribution in [0.2, 0.25) is 0 Å². The van der Waals surface area contributed by atoms with Gasteiger partial charge in [-0.05, 0) is 31.2 Å². The number of aryl methyl sites for hydroxylation is 2. The first-order valence-electron chi connectivity index (χ1n) is 6.50. The van der Waals surface area contributed by atoms with E-state index in [2.05, 4.69) is 36.2 Å². The molecule has 1 aromatic heterocycles. The molecule has 0 unspecified atom stereocenters. The topological polar surface area (TPSA) is 17.8 Å². The van der Waals surface area contributed by atoms with Crippen molar-refractivity contribution in [1.82, 2.24) is 9.55 Å². The maximum absolute atomic E-state index is 13.0. The molecule has 0 atom stereocenters. The number of imidazole rings is 1. The number of hydrogen-bond acceptors (Lipinski definition) is 1. The van der Waals surface area contributed by atoms with Gasteiger partial charge in [-0.25, -0.2) is 9.37 Å². The summed E-state index contributed by atoms with van der Waals surface area (Å²) in [4.78, 5) is 4.65. The van der Waals surface area contributed by atoms with Gasteiger partial charge in [0.05, 0.1) is 5.69 Å². The van der Waals surface area contributed by atoms with Crippen LogP contribution < -0.4 is 0 Å². The van der Waals surface area contributed by atoms with E-state index in [-0.39, 0.29) is 5.82 Å². The lowest BCUT2D eigenvalue weighted by Gasteiger charge is -2.01. The lowest BCUT2D eigenvalue weighted by atomic mass is 10.1. The smallest absolute Gasteiger partial charge is 0.140 e. The molecule has 0 saturated carbocycles. The van der Waals surface area contributed by atoms with E-state index in [1.165, 1.54) is 17.7 Å². The maximum atomic E-state index is 13.0. The summed E-state index contributed by atoms with van der Waals surface area (Å²) >= 11 is 0. The molecule has 20 heavy (non-hydrogen) atoms. The van der Waals surface area contributed by atoms with Crippen LogP contribution in [0.15, 0.2) is 54.7 Å². The van der Waals surface area contributed by atoms with Gasteiger partial charge in [0.15, 0.2) is 0 Å². The lowest BCUT2D eigenvalue weighted by Crippen LogP contribution is -1.90. The van der Waals surface area contributed by atoms with Crippen molar-refractivity contribution in [2.45, 2.75) is 6.92 Å². The molecule has 3 rings (SSSR count). The first-order valence-corrected chi connectivity index (χ1v) is 6.50. The Morgan fingerprint density at radius 3 is 2.15 bits per heavy atom. The fourth-order valence-corrected chi connectivity index (χ4v) is 2.20. The van der Waals surface area contributed by atoms with E-state index in [4.69, 9.17) is 0 Å².